The van der Waals surface area contributed by atoms with Crippen LogP contribution in [0.25, 0.3) is 0 Å². The third kappa shape index (κ3) is 11.0. The molecule has 0 aliphatic carbocycles. The van der Waals surface area contributed by atoms with Gasteiger partial charge in [-0.1, -0.05) is 32.1 Å². The molecule has 3 nitrogen and oxygen atoms in total. The summed E-state index contributed by atoms with van der Waals surface area (Å²) in [6, 6.07) is 0. The third-order valence-corrected chi connectivity index (χ3v) is 1.96. The average molecular weight is 225 g/mol. The van der Waals surface area contributed by atoms with E-state index in [9.17, 15) is 4.79 Å². The molecule has 0 aromatic carbocycles. The second-order valence-electron chi connectivity index (χ2n) is 4.15. The van der Waals surface area contributed by atoms with Crippen molar-refractivity contribution in [3.05, 3.63) is 24.3 Å². The van der Waals surface area contributed by atoms with Crippen LogP contribution >= 0.6 is 0 Å². The zero-order valence-corrected chi connectivity index (χ0v) is 10.3. The Morgan fingerprint density at radius 3 is 2.69 bits per heavy atom. The zero-order valence-electron chi connectivity index (χ0n) is 10.3. The fraction of sp³-hybridized carbons (Fsp3) is 0.615. The van der Waals surface area contributed by atoms with Crippen molar-refractivity contribution in [1.82, 2.24) is 5.32 Å². The van der Waals surface area contributed by atoms with E-state index in [0.717, 1.165) is 19.3 Å². The molecule has 0 spiro atoms. The van der Waals surface area contributed by atoms with Crippen molar-refractivity contribution in [2.45, 2.75) is 33.1 Å². The number of allylic oxidation sites excluding steroid dienone is 3. The summed E-state index contributed by atoms with van der Waals surface area (Å²) in [6.45, 7) is 5.08. The highest BCUT2D eigenvalue weighted by Crippen LogP contribution is 1.95. The number of aliphatic hydroxyl groups is 1. The number of hydrogen-bond acceptors (Lipinski definition) is 2. The standard InChI is InChI=1S/C13H23NO2/c1-12(2)11-14-13(16)9-7-5-3-4-6-8-10-15/h3,5,7,9,12,15H,4,6,8,10-11H2,1-2H3,(H,14,16)/b5-3+,9-7+. The molecular formula is C13H23NO2. The van der Waals surface area contributed by atoms with Crippen LogP contribution in [0.15, 0.2) is 24.3 Å². The molecule has 0 unspecified atom stereocenters. The summed E-state index contributed by atoms with van der Waals surface area (Å²) in [5, 5.41) is 11.4. The number of carbonyl (C=O) groups is 1. The Kier molecular flexibility index (Phi) is 9.72. The summed E-state index contributed by atoms with van der Waals surface area (Å²) >= 11 is 0. The van der Waals surface area contributed by atoms with Gasteiger partial charge in [0.25, 0.3) is 0 Å². The van der Waals surface area contributed by atoms with Crippen LogP contribution in [-0.2, 0) is 4.79 Å². The lowest BCUT2D eigenvalue weighted by Crippen LogP contribution is -2.25. The molecular weight excluding hydrogens is 202 g/mol. The van der Waals surface area contributed by atoms with Gasteiger partial charge in [-0.3, -0.25) is 4.79 Å². The molecule has 0 saturated carbocycles. The van der Waals surface area contributed by atoms with Crippen molar-refractivity contribution in [2.75, 3.05) is 13.2 Å². The van der Waals surface area contributed by atoms with Crippen molar-refractivity contribution < 1.29 is 9.90 Å². The lowest BCUT2D eigenvalue weighted by molar-refractivity contribution is -0.116. The maximum Gasteiger partial charge on any atom is 0.243 e. The maximum absolute atomic E-state index is 11.2. The van der Waals surface area contributed by atoms with Gasteiger partial charge in [0.2, 0.25) is 5.91 Å². The number of aliphatic hydroxyl groups excluding tert-OH is 1. The molecule has 0 bridgehead atoms. The predicted octanol–water partition coefficient (Wildman–Crippen LogP) is 2.03. The van der Waals surface area contributed by atoms with E-state index in [0.29, 0.717) is 12.5 Å². The minimum absolute atomic E-state index is 0.0475. The summed E-state index contributed by atoms with van der Waals surface area (Å²) < 4.78 is 0. The lowest BCUT2D eigenvalue weighted by atomic mass is 10.2. The van der Waals surface area contributed by atoms with Gasteiger partial charge in [0.15, 0.2) is 0 Å². The number of nitrogens with one attached hydrogen (secondary N) is 1. The monoisotopic (exact) mass is 225 g/mol. The van der Waals surface area contributed by atoms with Gasteiger partial charge >= 0.3 is 0 Å². The second-order valence-corrected chi connectivity index (χ2v) is 4.15. The van der Waals surface area contributed by atoms with Crippen molar-refractivity contribution in [3.8, 4) is 0 Å². The molecule has 92 valence electrons. The quantitative estimate of drug-likeness (QED) is 0.377. The van der Waals surface area contributed by atoms with Crippen molar-refractivity contribution in [2.24, 2.45) is 5.92 Å². The smallest absolute Gasteiger partial charge is 0.243 e. The van der Waals surface area contributed by atoms with Crippen molar-refractivity contribution >= 4 is 5.91 Å². The molecule has 0 saturated heterocycles. The Morgan fingerprint density at radius 2 is 2.06 bits per heavy atom. The Morgan fingerprint density at radius 1 is 1.31 bits per heavy atom. The van der Waals surface area contributed by atoms with Crippen LogP contribution in [-0.4, -0.2) is 24.2 Å². The molecule has 0 atom stereocenters. The third-order valence-electron chi connectivity index (χ3n) is 1.96. The first-order valence-electron chi connectivity index (χ1n) is 5.88. The minimum Gasteiger partial charge on any atom is -0.396 e. The van der Waals surface area contributed by atoms with E-state index >= 15 is 0 Å². The van der Waals surface area contributed by atoms with Crippen LogP contribution in [0.5, 0.6) is 0 Å². The van der Waals surface area contributed by atoms with E-state index in [-0.39, 0.29) is 12.5 Å². The summed E-state index contributed by atoms with van der Waals surface area (Å²) in [7, 11) is 0. The summed E-state index contributed by atoms with van der Waals surface area (Å²) in [5.74, 6) is 0.431. The molecule has 0 heterocycles. The van der Waals surface area contributed by atoms with Gasteiger partial charge in [0.05, 0.1) is 0 Å². The topological polar surface area (TPSA) is 49.3 Å². The van der Waals surface area contributed by atoms with Crippen molar-refractivity contribution in [3.63, 3.8) is 0 Å². The number of unbranched alkanes of at least 4 members (excludes halogenated alkanes) is 2. The summed E-state index contributed by atoms with van der Waals surface area (Å²) in [6.07, 6.45) is 9.91. The van der Waals surface area contributed by atoms with Gasteiger partial charge < -0.3 is 10.4 Å². The molecule has 0 aromatic rings. The van der Waals surface area contributed by atoms with Gasteiger partial charge in [0, 0.05) is 19.2 Å². The highest BCUT2D eigenvalue weighted by molar-refractivity contribution is 5.87. The fourth-order valence-electron chi connectivity index (χ4n) is 1.06. The molecule has 0 aliphatic rings. The van der Waals surface area contributed by atoms with Gasteiger partial charge in [-0.2, -0.15) is 0 Å². The SMILES string of the molecule is CC(C)CNC(=O)/C=C/C=C/CCCCO. The van der Waals surface area contributed by atoms with Gasteiger partial charge in [0.1, 0.15) is 0 Å². The number of carbonyl (C=O) groups excluding carboxylic acids is 1. The van der Waals surface area contributed by atoms with E-state index in [1.807, 2.05) is 12.2 Å². The van der Waals surface area contributed by atoms with Gasteiger partial charge in [-0.05, 0) is 25.2 Å². The summed E-state index contributed by atoms with van der Waals surface area (Å²) in [5.41, 5.74) is 0. The molecule has 3 heteroatoms. The number of hydrogen-bond donors (Lipinski definition) is 2. The summed E-state index contributed by atoms with van der Waals surface area (Å²) in [4.78, 5) is 11.2. The van der Waals surface area contributed by atoms with Crippen molar-refractivity contribution in [1.29, 1.82) is 0 Å². The van der Waals surface area contributed by atoms with E-state index in [2.05, 4.69) is 19.2 Å². The van der Waals surface area contributed by atoms with E-state index in [1.54, 1.807) is 6.08 Å². The first-order chi connectivity index (χ1) is 7.66. The Balaban J connectivity index is 3.54. The van der Waals surface area contributed by atoms with Crippen LogP contribution in [0.4, 0.5) is 0 Å². The molecule has 1 amide bonds. The highest BCUT2D eigenvalue weighted by Gasteiger charge is 1.95. The molecule has 2 N–H and O–H groups in total. The molecule has 0 aromatic heterocycles. The molecule has 0 rings (SSSR count). The minimum atomic E-state index is -0.0475. The van der Waals surface area contributed by atoms with Crippen LogP contribution in [0, 0.1) is 5.92 Å². The van der Waals surface area contributed by atoms with Crippen LogP contribution in [0.3, 0.4) is 0 Å². The van der Waals surface area contributed by atoms with Crippen LogP contribution in [0.2, 0.25) is 0 Å². The second kappa shape index (κ2) is 10.4. The first kappa shape index (κ1) is 14.9. The normalized spacial score (nSPS) is 11.8. The van der Waals surface area contributed by atoms with E-state index in [1.165, 1.54) is 6.08 Å². The first-order valence-corrected chi connectivity index (χ1v) is 5.88. The molecule has 0 aliphatic heterocycles. The van der Waals surface area contributed by atoms with Crippen LogP contribution < -0.4 is 5.32 Å². The Labute approximate surface area is 98.2 Å². The average Bonchev–Trinajstić information content (AvgIpc) is 2.25. The largest absolute Gasteiger partial charge is 0.396 e. The van der Waals surface area contributed by atoms with Gasteiger partial charge in [-0.15, -0.1) is 0 Å². The predicted molar refractivity (Wildman–Crippen MR) is 67.1 cm³/mol. The fourth-order valence-corrected chi connectivity index (χ4v) is 1.06. The Bertz CT molecular complexity index is 232. The van der Waals surface area contributed by atoms with E-state index < -0.39 is 0 Å². The number of amides is 1. The molecule has 0 radical (unpaired) electrons. The zero-order chi connectivity index (χ0) is 12.2. The van der Waals surface area contributed by atoms with Crippen LogP contribution in [0.1, 0.15) is 33.1 Å². The van der Waals surface area contributed by atoms with E-state index in [4.69, 9.17) is 5.11 Å². The lowest BCUT2D eigenvalue weighted by Gasteiger charge is -2.03. The highest BCUT2D eigenvalue weighted by atomic mass is 16.2. The maximum atomic E-state index is 11.2. The molecule has 16 heavy (non-hydrogen) atoms. The van der Waals surface area contributed by atoms with Gasteiger partial charge in [-0.25, -0.2) is 0 Å². The molecule has 0 fully saturated rings. The Hall–Kier alpha value is -1.09. The number of rotatable bonds is 8.